The molecule has 0 spiro atoms. The normalized spacial score (nSPS) is 20.9. The highest BCUT2D eigenvalue weighted by Gasteiger charge is 2.32. The summed E-state index contributed by atoms with van der Waals surface area (Å²) in [4.78, 5) is 33.2. The third kappa shape index (κ3) is 3.64. The van der Waals surface area contributed by atoms with Crippen molar-refractivity contribution in [2.24, 2.45) is 0 Å². The van der Waals surface area contributed by atoms with Crippen molar-refractivity contribution < 1.29 is 4.79 Å². The van der Waals surface area contributed by atoms with E-state index in [1.54, 1.807) is 12.4 Å². The highest BCUT2D eigenvalue weighted by Crippen LogP contribution is 2.32. The second kappa shape index (κ2) is 7.60. The molecule has 0 aliphatic carbocycles. The van der Waals surface area contributed by atoms with E-state index in [4.69, 9.17) is 0 Å². The molecule has 0 N–H and O–H groups in total. The van der Waals surface area contributed by atoms with Crippen molar-refractivity contribution in [1.82, 2.24) is 24.8 Å². The molecule has 2 saturated heterocycles. The lowest BCUT2D eigenvalue weighted by Crippen LogP contribution is -2.45. The molecule has 4 heterocycles. The lowest BCUT2D eigenvalue weighted by Gasteiger charge is -2.32. The van der Waals surface area contributed by atoms with E-state index in [2.05, 4.69) is 31.8 Å². The van der Waals surface area contributed by atoms with E-state index in [0.717, 1.165) is 62.9 Å². The SMILES string of the molecule is Cc1nc(N2CCN(C)CC2)ncc1C(=O)N1CCC[C@H]1c1ccccn1. The quantitative estimate of drug-likeness (QED) is 0.827. The van der Waals surface area contributed by atoms with Gasteiger partial charge in [0.15, 0.2) is 0 Å². The Morgan fingerprint density at radius 3 is 2.63 bits per heavy atom. The number of aromatic nitrogens is 3. The van der Waals surface area contributed by atoms with Gasteiger partial charge in [0.05, 0.1) is 23.0 Å². The van der Waals surface area contributed by atoms with Crippen LogP contribution in [0.1, 0.15) is 40.6 Å². The van der Waals surface area contributed by atoms with Gasteiger partial charge in [-0.2, -0.15) is 0 Å². The third-order valence-corrected chi connectivity index (χ3v) is 5.53. The maximum Gasteiger partial charge on any atom is 0.257 e. The average Bonchev–Trinajstić information content (AvgIpc) is 3.18. The minimum absolute atomic E-state index is 0.00517. The number of hydrogen-bond acceptors (Lipinski definition) is 6. The largest absolute Gasteiger partial charge is 0.338 e. The summed E-state index contributed by atoms with van der Waals surface area (Å²) < 4.78 is 0. The summed E-state index contributed by atoms with van der Waals surface area (Å²) in [6.07, 6.45) is 5.43. The average molecular weight is 366 g/mol. The topological polar surface area (TPSA) is 65.5 Å². The predicted octanol–water partition coefficient (Wildman–Crippen LogP) is 1.91. The van der Waals surface area contributed by atoms with Gasteiger partial charge in [-0.1, -0.05) is 6.07 Å². The molecule has 0 saturated carbocycles. The first-order valence-electron chi connectivity index (χ1n) is 9.62. The fourth-order valence-corrected chi connectivity index (χ4v) is 3.87. The number of likely N-dealkylation sites (tertiary alicyclic amines) is 1. The highest BCUT2D eigenvalue weighted by molar-refractivity contribution is 5.95. The van der Waals surface area contributed by atoms with E-state index in [1.807, 2.05) is 30.0 Å². The van der Waals surface area contributed by atoms with Gasteiger partial charge in [-0.3, -0.25) is 9.78 Å². The van der Waals surface area contributed by atoms with Crippen LogP contribution in [0.3, 0.4) is 0 Å². The van der Waals surface area contributed by atoms with Crippen LogP contribution >= 0.6 is 0 Å². The predicted molar refractivity (Wildman–Crippen MR) is 104 cm³/mol. The van der Waals surface area contributed by atoms with Crippen LogP contribution in [0.15, 0.2) is 30.6 Å². The number of piperazine rings is 1. The Morgan fingerprint density at radius 2 is 1.93 bits per heavy atom. The van der Waals surface area contributed by atoms with Gasteiger partial charge in [0.2, 0.25) is 5.95 Å². The van der Waals surface area contributed by atoms with Gasteiger partial charge in [-0.15, -0.1) is 0 Å². The van der Waals surface area contributed by atoms with Crippen molar-refractivity contribution in [1.29, 1.82) is 0 Å². The monoisotopic (exact) mass is 366 g/mol. The number of rotatable bonds is 3. The number of carbonyl (C=O) groups is 1. The molecule has 0 aromatic carbocycles. The van der Waals surface area contributed by atoms with Gasteiger partial charge in [0.1, 0.15) is 0 Å². The Morgan fingerprint density at radius 1 is 1.11 bits per heavy atom. The van der Waals surface area contributed by atoms with Gasteiger partial charge in [0.25, 0.3) is 5.91 Å². The number of carbonyl (C=O) groups excluding carboxylic acids is 1. The van der Waals surface area contributed by atoms with E-state index < -0.39 is 0 Å². The minimum atomic E-state index is 0.00517. The molecular weight excluding hydrogens is 340 g/mol. The van der Waals surface area contributed by atoms with Crippen molar-refractivity contribution in [2.45, 2.75) is 25.8 Å². The summed E-state index contributed by atoms with van der Waals surface area (Å²) in [5.74, 6) is 0.727. The molecule has 4 rings (SSSR count). The highest BCUT2D eigenvalue weighted by atomic mass is 16.2. The fourth-order valence-electron chi connectivity index (χ4n) is 3.87. The Hall–Kier alpha value is -2.54. The van der Waals surface area contributed by atoms with Crippen LogP contribution in [0.2, 0.25) is 0 Å². The number of nitrogens with zero attached hydrogens (tertiary/aromatic N) is 6. The van der Waals surface area contributed by atoms with Crippen LogP contribution in [-0.2, 0) is 0 Å². The first-order chi connectivity index (χ1) is 13.1. The Bertz CT molecular complexity index is 803. The Labute approximate surface area is 160 Å². The molecule has 2 aliphatic heterocycles. The molecule has 0 unspecified atom stereocenters. The van der Waals surface area contributed by atoms with Gasteiger partial charge in [-0.05, 0) is 38.9 Å². The molecule has 1 atom stereocenters. The van der Waals surface area contributed by atoms with Crippen molar-refractivity contribution in [3.05, 3.63) is 47.5 Å². The first-order valence-corrected chi connectivity index (χ1v) is 9.62. The van der Waals surface area contributed by atoms with Crippen LogP contribution in [0.25, 0.3) is 0 Å². The summed E-state index contributed by atoms with van der Waals surface area (Å²) in [7, 11) is 2.12. The smallest absolute Gasteiger partial charge is 0.257 e. The van der Waals surface area contributed by atoms with Crippen LogP contribution in [-0.4, -0.2) is 70.4 Å². The van der Waals surface area contributed by atoms with Crippen LogP contribution in [0, 0.1) is 6.92 Å². The summed E-state index contributed by atoms with van der Waals surface area (Å²) in [6.45, 7) is 6.49. The lowest BCUT2D eigenvalue weighted by atomic mass is 10.1. The number of aryl methyl sites for hydroxylation is 1. The molecule has 2 aliphatic rings. The summed E-state index contributed by atoms with van der Waals surface area (Å²) >= 11 is 0. The van der Waals surface area contributed by atoms with Crippen molar-refractivity contribution in [2.75, 3.05) is 44.7 Å². The summed E-state index contributed by atoms with van der Waals surface area (Å²) in [6, 6.07) is 5.91. The van der Waals surface area contributed by atoms with E-state index in [0.29, 0.717) is 5.56 Å². The fraction of sp³-hybridized carbons (Fsp3) is 0.500. The molecule has 1 amide bonds. The molecule has 2 fully saturated rings. The molecular formula is C20H26N6O. The van der Waals surface area contributed by atoms with Gasteiger partial charge in [-0.25, -0.2) is 9.97 Å². The molecule has 2 aromatic rings. The number of pyridine rings is 1. The van der Waals surface area contributed by atoms with Gasteiger partial charge < -0.3 is 14.7 Å². The van der Waals surface area contributed by atoms with Crippen LogP contribution in [0.5, 0.6) is 0 Å². The number of amides is 1. The second-order valence-electron chi connectivity index (χ2n) is 7.37. The van der Waals surface area contributed by atoms with Gasteiger partial charge >= 0.3 is 0 Å². The molecule has 7 heteroatoms. The molecule has 0 radical (unpaired) electrons. The third-order valence-electron chi connectivity index (χ3n) is 5.53. The summed E-state index contributed by atoms with van der Waals surface area (Å²) in [5, 5.41) is 0. The number of hydrogen-bond donors (Lipinski definition) is 0. The summed E-state index contributed by atoms with van der Waals surface area (Å²) in [5.41, 5.74) is 2.29. The van der Waals surface area contributed by atoms with E-state index >= 15 is 0 Å². The minimum Gasteiger partial charge on any atom is -0.338 e. The van der Waals surface area contributed by atoms with Crippen molar-refractivity contribution >= 4 is 11.9 Å². The molecule has 2 aromatic heterocycles. The van der Waals surface area contributed by atoms with E-state index in [-0.39, 0.29) is 11.9 Å². The zero-order chi connectivity index (χ0) is 18.8. The standard InChI is InChI=1S/C20H26N6O/c1-15-16(14-22-20(23-15)25-12-10-24(2)11-13-25)19(27)26-9-5-7-18(26)17-6-3-4-8-21-17/h3-4,6,8,14,18H,5,7,9-13H2,1-2H3/t18-/m0/s1. The van der Waals surface area contributed by atoms with Crippen LogP contribution in [0.4, 0.5) is 5.95 Å². The van der Waals surface area contributed by atoms with Crippen molar-refractivity contribution in [3.8, 4) is 0 Å². The van der Waals surface area contributed by atoms with Gasteiger partial charge in [0, 0.05) is 45.1 Å². The van der Waals surface area contributed by atoms with Crippen molar-refractivity contribution in [3.63, 3.8) is 0 Å². The first kappa shape index (κ1) is 17.9. The van der Waals surface area contributed by atoms with E-state index in [1.165, 1.54) is 0 Å². The van der Waals surface area contributed by atoms with Crippen LogP contribution < -0.4 is 4.90 Å². The molecule has 142 valence electrons. The maximum atomic E-state index is 13.2. The number of anilines is 1. The maximum absolute atomic E-state index is 13.2. The molecule has 27 heavy (non-hydrogen) atoms. The molecule has 7 nitrogen and oxygen atoms in total. The second-order valence-corrected chi connectivity index (χ2v) is 7.37. The zero-order valence-electron chi connectivity index (χ0n) is 16.0. The molecule has 0 bridgehead atoms. The zero-order valence-corrected chi connectivity index (χ0v) is 16.0. The number of likely N-dealkylation sites (N-methyl/N-ethyl adjacent to an activating group) is 1. The Balaban J connectivity index is 1.53. The van der Waals surface area contributed by atoms with E-state index in [9.17, 15) is 4.79 Å². The Kier molecular flexibility index (Phi) is 5.03. The lowest BCUT2D eigenvalue weighted by molar-refractivity contribution is 0.0731.